The summed E-state index contributed by atoms with van der Waals surface area (Å²) in [6, 6.07) is 7.71. The minimum absolute atomic E-state index is 0.323. The quantitative estimate of drug-likeness (QED) is 0.823. The van der Waals surface area contributed by atoms with Crippen molar-refractivity contribution in [3.8, 4) is 11.4 Å². The van der Waals surface area contributed by atoms with E-state index in [0.717, 1.165) is 11.1 Å². The van der Waals surface area contributed by atoms with Gasteiger partial charge in [-0.2, -0.15) is 0 Å². The zero-order valence-electron chi connectivity index (χ0n) is 11.1. The summed E-state index contributed by atoms with van der Waals surface area (Å²) >= 11 is 0. The molecule has 5 nitrogen and oxygen atoms in total. The second-order valence-electron chi connectivity index (χ2n) is 4.14. The minimum atomic E-state index is -0.410. The second-order valence-corrected chi connectivity index (χ2v) is 4.14. The maximum Gasteiger partial charge on any atom is 0.358 e. The molecule has 0 unspecified atom stereocenters. The average Bonchev–Trinajstić information content (AvgIpc) is 2.81. The topological polar surface area (TPSA) is 81.0 Å². The predicted molar refractivity (Wildman–Crippen MR) is 72.6 cm³/mol. The van der Waals surface area contributed by atoms with Crippen LogP contribution in [-0.4, -0.2) is 22.5 Å². The Morgan fingerprint density at radius 2 is 2.16 bits per heavy atom. The Labute approximate surface area is 111 Å². The Balaban J connectivity index is 2.42. The number of aromatic nitrogens is 2. The molecular weight excluding hydrogens is 242 g/mol. The Hall–Kier alpha value is -2.14. The highest BCUT2D eigenvalue weighted by Crippen LogP contribution is 2.22. The van der Waals surface area contributed by atoms with Gasteiger partial charge in [0.15, 0.2) is 5.69 Å². The molecule has 2 rings (SSSR count). The lowest BCUT2D eigenvalue weighted by molar-refractivity contribution is 0.0519. The number of aromatic amines is 1. The number of rotatable bonds is 4. The molecule has 0 spiro atoms. The van der Waals surface area contributed by atoms with E-state index in [4.69, 9.17) is 10.5 Å². The molecule has 0 bridgehead atoms. The molecule has 0 aliphatic heterocycles. The number of benzene rings is 1. The Morgan fingerprint density at radius 1 is 1.42 bits per heavy atom. The Kier molecular flexibility index (Phi) is 3.97. The summed E-state index contributed by atoms with van der Waals surface area (Å²) in [5.74, 6) is 0.231. The number of esters is 1. The van der Waals surface area contributed by atoms with Gasteiger partial charge in [-0.05, 0) is 19.4 Å². The van der Waals surface area contributed by atoms with Crippen molar-refractivity contribution in [2.45, 2.75) is 20.4 Å². The van der Waals surface area contributed by atoms with Crippen LogP contribution in [0.4, 0.5) is 0 Å². The molecular formula is C14H17N3O2. The number of nitrogens with zero attached hydrogens (tertiary/aromatic N) is 1. The van der Waals surface area contributed by atoms with Crippen LogP contribution in [0.15, 0.2) is 24.3 Å². The van der Waals surface area contributed by atoms with E-state index in [1.807, 2.05) is 24.3 Å². The molecule has 1 heterocycles. The molecule has 1 aromatic heterocycles. The summed E-state index contributed by atoms with van der Waals surface area (Å²) in [6.07, 6.45) is 0. The van der Waals surface area contributed by atoms with Crippen LogP contribution in [0.3, 0.4) is 0 Å². The zero-order valence-corrected chi connectivity index (χ0v) is 11.1. The summed E-state index contributed by atoms with van der Waals surface area (Å²) in [6.45, 7) is 4.32. The van der Waals surface area contributed by atoms with E-state index in [9.17, 15) is 4.79 Å². The SMILES string of the molecule is CCOC(=O)c1nc(-c2ccccc2CN)[nH]c1C. The summed E-state index contributed by atoms with van der Waals surface area (Å²) in [7, 11) is 0. The number of imidazole rings is 1. The fourth-order valence-electron chi connectivity index (χ4n) is 1.92. The lowest BCUT2D eigenvalue weighted by Crippen LogP contribution is -2.06. The van der Waals surface area contributed by atoms with Crippen LogP contribution in [0.5, 0.6) is 0 Å². The van der Waals surface area contributed by atoms with Gasteiger partial charge >= 0.3 is 5.97 Å². The molecule has 0 saturated carbocycles. The fourth-order valence-corrected chi connectivity index (χ4v) is 1.92. The number of carbonyl (C=O) groups is 1. The molecule has 0 saturated heterocycles. The number of ether oxygens (including phenoxy) is 1. The van der Waals surface area contributed by atoms with Gasteiger partial charge in [-0.1, -0.05) is 24.3 Å². The third kappa shape index (κ3) is 2.66. The lowest BCUT2D eigenvalue weighted by atomic mass is 10.1. The summed E-state index contributed by atoms with van der Waals surface area (Å²) in [5, 5.41) is 0. The van der Waals surface area contributed by atoms with Crippen molar-refractivity contribution >= 4 is 5.97 Å². The molecule has 2 aromatic rings. The Morgan fingerprint density at radius 3 is 2.84 bits per heavy atom. The van der Waals surface area contributed by atoms with E-state index in [2.05, 4.69) is 9.97 Å². The van der Waals surface area contributed by atoms with Gasteiger partial charge in [0.05, 0.1) is 6.61 Å². The molecule has 19 heavy (non-hydrogen) atoms. The molecule has 0 aliphatic carbocycles. The maximum atomic E-state index is 11.7. The van der Waals surface area contributed by atoms with Crippen LogP contribution in [0.25, 0.3) is 11.4 Å². The number of nitrogens with one attached hydrogen (secondary N) is 1. The molecule has 0 fully saturated rings. The van der Waals surface area contributed by atoms with Crippen molar-refractivity contribution in [2.75, 3.05) is 6.61 Å². The third-order valence-electron chi connectivity index (χ3n) is 2.85. The highest BCUT2D eigenvalue weighted by molar-refractivity contribution is 5.89. The molecule has 3 N–H and O–H groups in total. The minimum Gasteiger partial charge on any atom is -0.461 e. The molecule has 1 aromatic carbocycles. The fraction of sp³-hybridized carbons (Fsp3) is 0.286. The van der Waals surface area contributed by atoms with Crippen LogP contribution in [0.1, 0.15) is 28.7 Å². The molecule has 0 atom stereocenters. The highest BCUT2D eigenvalue weighted by atomic mass is 16.5. The van der Waals surface area contributed by atoms with Gasteiger partial charge in [0, 0.05) is 17.8 Å². The van der Waals surface area contributed by atoms with Crippen molar-refractivity contribution < 1.29 is 9.53 Å². The van der Waals surface area contributed by atoms with Gasteiger partial charge in [-0.15, -0.1) is 0 Å². The molecule has 100 valence electrons. The van der Waals surface area contributed by atoms with Crippen molar-refractivity contribution in [3.05, 3.63) is 41.2 Å². The van der Waals surface area contributed by atoms with Crippen molar-refractivity contribution in [3.63, 3.8) is 0 Å². The molecule has 0 radical (unpaired) electrons. The smallest absolute Gasteiger partial charge is 0.358 e. The van der Waals surface area contributed by atoms with Crippen LogP contribution >= 0.6 is 0 Å². The number of aryl methyl sites for hydroxylation is 1. The van der Waals surface area contributed by atoms with E-state index in [1.54, 1.807) is 13.8 Å². The van der Waals surface area contributed by atoms with Crippen LogP contribution in [-0.2, 0) is 11.3 Å². The number of hydrogen-bond acceptors (Lipinski definition) is 4. The first-order valence-corrected chi connectivity index (χ1v) is 6.19. The lowest BCUT2D eigenvalue weighted by Gasteiger charge is -2.03. The largest absolute Gasteiger partial charge is 0.461 e. The average molecular weight is 259 g/mol. The maximum absolute atomic E-state index is 11.7. The van der Waals surface area contributed by atoms with E-state index in [0.29, 0.717) is 30.4 Å². The molecule has 0 amide bonds. The van der Waals surface area contributed by atoms with Crippen LogP contribution < -0.4 is 5.73 Å². The standard InChI is InChI=1S/C14H17N3O2/c1-3-19-14(18)12-9(2)16-13(17-12)11-7-5-4-6-10(11)8-15/h4-7H,3,8,15H2,1-2H3,(H,16,17). The van der Waals surface area contributed by atoms with Crippen molar-refractivity contribution in [1.82, 2.24) is 9.97 Å². The van der Waals surface area contributed by atoms with E-state index < -0.39 is 5.97 Å². The third-order valence-corrected chi connectivity index (χ3v) is 2.85. The highest BCUT2D eigenvalue weighted by Gasteiger charge is 2.17. The van der Waals surface area contributed by atoms with Crippen molar-refractivity contribution in [1.29, 1.82) is 0 Å². The number of hydrogen-bond donors (Lipinski definition) is 2. The van der Waals surface area contributed by atoms with Crippen molar-refractivity contribution in [2.24, 2.45) is 5.73 Å². The van der Waals surface area contributed by atoms with Crippen LogP contribution in [0, 0.1) is 6.92 Å². The van der Waals surface area contributed by atoms with Gasteiger partial charge in [-0.25, -0.2) is 9.78 Å². The first-order valence-electron chi connectivity index (χ1n) is 6.19. The monoisotopic (exact) mass is 259 g/mol. The number of carbonyl (C=O) groups excluding carboxylic acids is 1. The summed E-state index contributed by atoms with van der Waals surface area (Å²) in [4.78, 5) is 19.2. The van der Waals surface area contributed by atoms with E-state index in [1.165, 1.54) is 0 Å². The van der Waals surface area contributed by atoms with E-state index in [-0.39, 0.29) is 0 Å². The summed E-state index contributed by atoms with van der Waals surface area (Å²) in [5.41, 5.74) is 8.61. The Bertz CT molecular complexity index is 590. The number of H-pyrrole nitrogens is 1. The van der Waals surface area contributed by atoms with Crippen LogP contribution in [0.2, 0.25) is 0 Å². The predicted octanol–water partition coefficient (Wildman–Crippen LogP) is 2.02. The van der Waals surface area contributed by atoms with Gasteiger partial charge in [0.2, 0.25) is 0 Å². The first-order chi connectivity index (χ1) is 9.17. The second kappa shape index (κ2) is 5.67. The van der Waals surface area contributed by atoms with Gasteiger partial charge in [0.25, 0.3) is 0 Å². The normalized spacial score (nSPS) is 10.5. The van der Waals surface area contributed by atoms with Gasteiger partial charge in [-0.3, -0.25) is 0 Å². The van der Waals surface area contributed by atoms with Gasteiger partial charge < -0.3 is 15.5 Å². The number of nitrogens with two attached hydrogens (primary N) is 1. The first kappa shape index (κ1) is 13.3. The molecule has 5 heteroatoms. The van der Waals surface area contributed by atoms with Gasteiger partial charge in [0.1, 0.15) is 5.82 Å². The summed E-state index contributed by atoms with van der Waals surface area (Å²) < 4.78 is 4.97. The van der Waals surface area contributed by atoms with E-state index >= 15 is 0 Å². The molecule has 0 aliphatic rings. The zero-order chi connectivity index (χ0) is 13.8.